The maximum Gasteiger partial charge on any atom is 0.248 e. The molecule has 0 bridgehead atoms. The third-order valence-electron chi connectivity index (χ3n) is 5.79. The molecule has 7 heteroatoms. The second-order valence-corrected chi connectivity index (χ2v) is 7.55. The van der Waals surface area contributed by atoms with E-state index in [0.717, 1.165) is 18.4 Å². The van der Waals surface area contributed by atoms with Crippen molar-refractivity contribution in [2.24, 2.45) is 5.41 Å². The molecule has 4 rings (SSSR count). The first-order valence-corrected chi connectivity index (χ1v) is 9.36. The molecular formula is C20H25N3O4. The number of nitrogens with zero attached hydrogens (tertiary/aromatic N) is 3. The first kappa shape index (κ1) is 18.1. The Bertz CT molecular complexity index is 796. The van der Waals surface area contributed by atoms with Crippen LogP contribution in [0.5, 0.6) is 0 Å². The van der Waals surface area contributed by atoms with Gasteiger partial charge in [-0.25, -0.2) is 0 Å². The summed E-state index contributed by atoms with van der Waals surface area (Å²) in [6.07, 6.45) is 1.77. The molecule has 1 aromatic heterocycles. The molecule has 3 heterocycles. The molecule has 1 aromatic carbocycles. The number of methoxy groups -OCH3 is 1. The number of aryl methyl sites for hydroxylation is 1. The van der Waals surface area contributed by atoms with Gasteiger partial charge in [-0.05, 0) is 31.9 Å². The van der Waals surface area contributed by atoms with E-state index in [0.29, 0.717) is 38.1 Å². The van der Waals surface area contributed by atoms with Gasteiger partial charge in [-0.1, -0.05) is 17.7 Å². The van der Waals surface area contributed by atoms with Crippen molar-refractivity contribution in [1.29, 1.82) is 0 Å². The van der Waals surface area contributed by atoms with Crippen molar-refractivity contribution in [3.05, 3.63) is 35.7 Å². The Morgan fingerprint density at radius 3 is 2.70 bits per heavy atom. The number of carbonyl (C=O) groups excluding carboxylic acids is 1. The Balaban J connectivity index is 1.62. The lowest BCUT2D eigenvalue weighted by molar-refractivity contribution is -0.134. The van der Waals surface area contributed by atoms with Crippen molar-refractivity contribution in [2.45, 2.75) is 25.7 Å². The Labute approximate surface area is 158 Å². The van der Waals surface area contributed by atoms with Crippen LogP contribution in [0.1, 0.15) is 30.2 Å². The zero-order valence-electron chi connectivity index (χ0n) is 15.8. The summed E-state index contributed by atoms with van der Waals surface area (Å²) < 4.78 is 16.7. The Morgan fingerprint density at radius 1 is 1.26 bits per heavy atom. The van der Waals surface area contributed by atoms with Crippen LogP contribution in [0.3, 0.4) is 0 Å². The van der Waals surface area contributed by atoms with Gasteiger partial charge in [0.1, 0.15) is 6.61 Å². The second-order valence-electron chi connectivity index (χ2n) is 7.55. The normalized spacial score (nSPS) is 21.7. The zero-order chi connectivity index (χ0) is 18.9. The van der Waals surface area contributed by atoms with Crippen molar-refractivity contribution in [3.63, 3.8) is 0 Å². The SMILES string of the molecule is COCC(=O)N1CC(c2nnc(-c3ccc(C)cc3)o2)C2(CCOCC2)C1. The maximum absolute atomic E-state index is 12.4. The molecule has 2 saturated heterocycles. The lowest BCUT2D eigenvalue weighted by atomic mass is 9.72. The number of aromatic nitrogens is 2. The van der Waals surface area contributed by atoms with Gasteiger partial charge in [-0.15, -0.1) is 10.2 Å². The minimum atomic E-state index is -0.0707. The van der Waals surface area contributed by atoms with Gasteiger partial charge in [-0.3, -0.25) is 4.79 Å². The van der Waals surface area contributed by atoms with E-state index < -0.39 is 0 Å². The van der Waals surface area contributed by atoms with Crippen molar-refractivity contribution in [3.8, 4) is 11.5 Å². The number of hydrogen-bond donors (Lipinski definition) is 0. The number of benzene rings is 1. The first-order chi connectivity index (χ1) is 13.1. The highest BCUT2D eigenvalue weighted by molar-refractivity contribution is 5.78. The average Bonchev–Trinajstić information content (AvgIpc) is 3.29. The third kappa shape index (κ3) is 3.49. The topological polar surface area (TPSA) is 77.7 Å². The number of hydrogen-bond acceptors (Lipinski definition) is 6. The molecule has 2 aromatic rings. The van der Waals surface area contributed by atoms with Gasteiger partial charge in [0.05, 0.1) is 5.92 Å². The van der Waals surface area contributed by atoms with Gasteiger partial charge in [-0.2, -0.15) is 0 Å². The zero-order valence-corrected chi connectivity index (χ0v) is 15.8. The van der Waals surface area contributed by atoms with E-state index >= 15 is 0 Å². The van der Waals surface area contributed by atoms with E-state index in [1.165, 1.54) is 5.56 Å². The summed E-state index contributed by atoms with van der Waals surface area (Å²) >= 11 is 0. The Hall–Kier alpha value is -2.25. The molecule has 2 fully saturated rings. The van der Waals surface area contributed by atoms with E-state index in [-0.39, 0.29) is 23.8 Å². The monoisotopic (exact) mass is 371 g/mol. The number of likely N-dealkylation sites (tertiary alicyclic amines) is 1. The van der Waals surface area contributed by atoms with Crippen LogP contribution >= 0.6 is 0 Å². The lowest BCUT2D eigenvalue weighted by Crippen LogP contribution is -2.38. The summed E-state index contributed by atoms with van der Waals surface area (Å²) in [5, 5.41) is 8.63. The molecule has 0 aliphatic carbocycles. The molecule has 1 atom stereocenters. The smallest absolute Gasteiger partial charge is 0.248 e. The number of amides is 1. The largest absolute Gasteiger partial charge is 0.420 e. The molecule has 1 spiro atoms. The highest BCUT2D eigenvalue weighted by Gasteiger charge is 2.51. The van der Waals surface area contributed by atoms with E-state index in [2.05, 4.69) is 10.2 Å². The van der Waals surface area contributed by atoms with Gasteiger partial charge >= 0.3 is 0 Å². The van der Waals surface area contributed by atoms with E-state index in [9.17, 15) is 4.79 Å². The van der Waals surface area contributed by atoms with E-state index in [4.69, 9.17) is 13.9 Å². The van der Waals surface area contributed by atoms with E-state index in [1.54, 1.807) is 7.11 Å². The van der Waals surface area contributed by atoms with Gasteiger partial charge in [0, 0.05) is 44.4 Å². The fourth-order valence-electron chi connectivity index (χ4n) is 4.19. The molecule has 7 nitrogen and oxygen atoms in total. The van der Waals surface area contributed by atoms with Crippen LogP contribution < -0.4 is 0 Å². The van der Waals surface area contributed by atoms with Gasteiger partial charge in [0.25, 0.3) is 0 Å². The molecular weight excluding hydrogens is 346 g/mol. The number of ether oxygens (including phenoxy) is 2. The van der Waals surface area contributed by atoms with Crippen molar-refractivity contribution < 1.29 is 18.7 Å². The van der Waals surface area contributed by atoms with Crippen LogP contribution in [0, 0.1) is 12.3 Å². The van der Waals surface area contributed by atoms with Crippen LogP contribution in [0.4, 0.5) is 0 Å². The molecule has 0 radical (unpaired) electrons. The van der Waals surface area contributed by atoms with Crippen LogP contribution in [0.25, 0.3) is 11.5 Å². The standard InChI is InChI=1S/C20H25N3O4/c1-14-3-5-15(6-4-14)18-21-22-19(27-18)16-11-23(17(24)12-25-2)13-20(16)7-9-26-10-8-20/h3-6,16H,7-13H2,1-2H3. The highest BCUT2D eigenvalue weighted by Crippen LogP contribution is 2.49. The quantitative estimate of drug-likeness (QED) is 0.821. The Morgan fingerprint density at radius 2 is 2.00 bits per heavy atom. The molecule has 0 saturated carbocycles. The Kier molecular flexibility index (Phi) is 4.97. The first-order valence-electron chi connectivity index (χ1n) is 9.36. The second kappa shape index (κ2) is 7.40. The van der Waals surface area contributed by atoms with Crippen LogP contribution in [-0.2, 0) is 14.3 Å². The summed E-state index contributed by atoms with van der Waals surface area (Å²) in [4.78, 5) is 14.3. The van der Waals surface area contributed by atoms with Gasteiger partial charge < -0.3 is 18.8 Å². The van der Waals surface area contributed by atoms with Crippen LogP contribution in [0.2, 0.25) is 0 Å². The minimum Gasteiger partial charge on any atom is -0.420 e. The molecule has 0 N–H and O–H groups in total. The molecule has 27 heavy (non-hydrogen) atoms. The average molecular weight is 371 g/mol. The summed E-state index contributed by atoms with van der Waals surface area (Å²) in [5.41, 5.74) is 2.02. The fraction of sp³-hybridized carbons (Fsp3) is 0.550. The summed E-state index contributed by atoms with van der Waals surface area (Å²) in [6.45, 7) is 4.80. The van der Waals surface area contributed by atoms with Crippen molar-refractivity contribution in [1.82, 2.24) is 15.1 Å². The fourth-order valence-corrected chi connectivity index (χ4v) is 4.19. The van der Waals surface area contributed by atoms with E-state index in [1.807, 2.05) is 36.1 Å². The summed E-state index contributed by atoms with van der Waals surface area (Å²) in [5.74, 6) is 1.16. The summed E-state index contributed by atoms with van der Waals surface area (Å²) in [7, 11) is 1.54. The van der Waals surface area contributed by atoms with Gasteiger partial charge in [0.2, 0.25) is 17.7 Å². The molecule has 1 unspecified atom stereocenters. The third-order valence-corrected chi connectivity index (χ3v) is 5.79. The summed E-state index contributed by atoms with van der Waals surface area (Å²) in [6, 6.07) is 8.03. The van der Waals surface area contributed by atoms with Gasteiger partial charge in [0.15, 0.2) is 0 Å². The van der Waals surface area contributed by atoms with Crippen molar-refractivity contribution >= 4 is 5.91 Å². The van der Waals surface area contributed by atoms with Crippen molar-refractivity contribution in [2.75, 3.05) is 40.0 Å². The lowest BCUT2D eigenvalue weighted by Gasteiger charge is -2.36. The predicted molar refractivity (Wildman–Crippen MR) is 98.2 cm³/mol. The van der Waals surface area contributed by atoms with Crippen LogP contribution in [-0.4, -0.2) is 61.0 Å². The molecule has 2 aliphatic rings. The number of rotatable bonds is 4. The predicted octanol–water partition coefficient (Wildman–Crippen LogP) is 2.41. The maximum atomic E-state index is 12.4. The minimum absolute atomic E-state index is 0.00383. The van der Waals surface area contributed by atoms with Crippen LogP contribution in [0.15, 0.2) is 28.7 Å². The number of carbonyl (C=O) groups is 1. The molecule has 1 amide bonds. The molecule has 144 valence electrons. The molecule has 2 aliphatic heterocycles. The highest BCUT2D eigenvalue weighted by atomic mass is 16.5.